The molecule has 150 valence electrons. The van der Waals surface area contributed by atoms with Crippen LogP contribution in [-0.4, -0.2) is 44.9 Å². The van der Waals surface area contributed by atoms with Crippen molar-refractivity contribution in [1.29, 1.82) is 0 Å². The van der Waals surface area contributed by atoms with Crippen LogP contribution in [0.25, 0.3) is 0 Å². The third-order valence-corrected chi connectivity index (χ3v) is 6.65. The van der Waals surface area contributed by atoms with Gasteiger partial charge in [-0.25, -0.2) is 12.8 Å². The summed E-state index contributed by atoms with van der Waals surface area (Å²) < 4.78 is 45.7. The number of rotatable bonds is 6. The Morgan fingerprint density at radius 1 is 1.14 bits per heavy atom. The fraction of sp³-hybridized carbons (Fsp3) is 0.350. The van der Waals surface area contributed by atoms with Crippen LogP contribution >= 0.6 is 0 Å². The third kappa shape index (κ3) is 4.57. The Kier molecular flexibility index (Phi) is 6.43. The minimum atomic E-state index is -3.70. The van der Waals surface area contributed by atoms with Gasteiger partial charge in [0.05, 0.1) is 18.1 Å². The molecule has 0 bridgehead atoms. The molecular formula is C20H23FN2O4S. The molecule has 1 aliphatic rings. The van der Waals surface area contributed by atoms with Crippen molar-refractivity contribution in [3.05, 3.63) is 65.0 Å². The topological polar surface area (TPSA) is 75.7 Å². The Labute approximate surface area is 164 Å². The fourth-order valence-electron chi connectivity index (χ4n) is 3.04. The second-order valence-corrected chi connectivity index (χ2v) is 8.41. The number of amides is 1. The van der Waals surface area contributed by atoms with Gasteiger partial charge in [0.25, 0.3) is 5.91 Å². The Bertz CT molecular complexity index is 939. The lowest BCUT2D eigenvalue weighted by molar-refractivity contribution is 0.0730. The molecule has 0 radical (unpaired) electrons. The predicted molar refractivity (Wildman–Crippen MR) is 103 cm³/mol. The van der Waals surface area contributed by atoms with E-state index in [2.05, 4.69) is 5.32 Å². The van der Waals surface area contributed by atoms with E-state index in [0.717, 1.165) is 5.56 Å². The molecule has 1 aliphatic heterocycles. The molecule has 1 amide bonds. The average molecular weight is 406 g/mol. The number of morpholine rings is 1. The predicted octanol–water partition coefficient (Wildman–Crippen LogP) is 2.34. The quantitative estimate of drug-likeness (QED) is 0.799. The van der Waals surface area contributed by atoms with Gasteiger partial charge in [-0.05, 0) is 41.8 Å². The largest absolute Gasteiger partial charge is 0.379 e. The lowest BCUT2D eigenvalue weighted by Crippen LogP contribution is -2.41. The highest BCUT2D eigenvalue weighted by Crippen LogP contribution is 2.23. The van der Waals surface area contributed by atoms with Gasteiger partial charge < -0.3 is 10.1 Å². The molecule has 2 aromatic carbocycles. The third-order valence-electron chi connectivity index (χ3n) is 4.66. The highest BCUT2D eigenvalue weighted by molar-refractivity contribution is 7.89. The SMILES string of the molecule is CCc1ccc(C(=O)NCc2ccc(F)cc2)cc1S(=O)(=O)N1CCOCC1. The van der Waals surface area contributed by atoms with Crippen LogP contribution in [0.1, 0.15) is 28.4 Å². The zero-order valence-electron chi connectivity index (χ0n) is 15.7. The number of nitrogens with zero attached hydrogens (tertiary/aromatic N) is 1. The van der Waals surface area contributed by atoms with Gasteiger partial charge in [0.15, 0.2) is 0 Å². The number of benzene rings is 2. The van der Waals surface area contributed by atoms with Crippen LogP contribution in [-0.2, 0) is 27.7 Å². The number of nitrogens with one attached hydrogen (secondary N) is 1. The number of ether oxygens (including phenoxy) is 1. The minimum Gasteiger partial charge on any atom is -0.379 e. The van der Waals surface area contributed by atoms with Crippen molar-refractivity contribution in [2.75, 3.05) is 26.3 Å². The number of carbonyl (C=O) groups is 1. The number of halogens is 1. The number of carbonyl (C=O) groups excluding carboxylic acids is 1. The van der Waals surface area contributed by atoms with Crippen molar-refractivity contribution in [2.45, 2.75) is 24.8 Å². The molecule has 0 aromatic heterocycles. The molecule has 3 rings (SSSR count). The van der Waals surface area contributed by atoms with Crippen molar-refractivity contribution >= 4 is 15.9 Å². The maximum absolute atomic E-state index is 13.1. The van der Waals surface area contributed by atoms with Gasteiger partial charge in [-0.1, -0.05) is 25.1 Å². The van der Waals surface area contributed by atoms with Gasteiger partial charge in [0.2, 0.25) is 10.0 Å². The molecule has 1 N–H and O–H groups in total. The standard InChI is InChI=1S/C20H23FN2O4S/c1-2-16-5-6-17(20(24)22-14-15-3-7-18(21)8-4-15)13-19(16)28(25,26)23-9-11-27-12-10-23/h3-8,13H,2,9-12,14H2,1H3,(H,22,24). The maximum Gasteiger partial charge on any atom is 0.251 e. The monoisotopic (exact) mass is 406 g/mol. The van der Waals surface area contributed by atoms with E-state index in [1.807, 2.05) is 6.92 Å². The van der Waals surface area contributed by atoms with Crippen LogP contribution in [0.4, 0.5) is 4.39 Å². The first-order chi connectivity index (χ1) is 13.4. The van der Waals surface area contributed by atoms with E-state index in [-0.39, 0.29) is 28.7 Å². The first-order valence-electron chi connectivity index (χ1n) is 9.15. The molecule has 2 aromatic rings. The van der Waals surface area contributed by atoms with Crippen molar-refractivity contribution in [1.82, 2.24) is 9.62 Å². The average Bonchev–Trinajstić information content (AvgIpc) is 2.73. The zero-order valence-corrected chi connectivity index (χ0v) is 16.5. The first kappa shape index (κ1) is 20.4. The molecule has 1 saturated heterocycles. The minimum absolute atomic E-state index is 0.159. The first-order valence-corrected chi connectivity index (χ1v) is 10.6. The van der Waals surface area contributed by atoms with E-state index in [9.17, 15) is 17.6 Å². The summed E-state index contributed by atoms with van der Waals surface area (Å²) in [7, 11) is -3.70. The maximum atomic E-state index is 13.1. The summed E-state index contributed by atoms with van der Waals surface area (Å²) in [5.74, 6) is -0.728. The highest BCUT2D eigenvalue weighted by Gasteiger charge is 2.29. The van der Waals surface area contributed by atoms with Crippen LogP contribution in [0, 0.1) is 5.82 Å². The van der Waals surface area contributed by atoms with Crippen LogP contribution < -0.4 is 5.32 Å². The lowest BCUT2D eigenvalue weighted by atomic mass is 10.1. The van der Waals surface area contributed by atoms with Crippen LogP contribution in [0.2, 0.25) is 0 Å². The van der Waals surface area contributed by atoms with Gasteiger partial charge in [0.1, 0.15) is 5.82 Å². The summed E-state index contributed by atoms with van der Waals surface area (Å²) in [6.45, 7) is 3.41. The van der Waals surface area contributed by atoms with Crippen molar-refractivity contribution < 1.29 is 22.3 Å². The number of sulfonamides is 1. The fourth-order valence-corrected chi connectivity index (χ4v) is 4.77. The molecule has 0 saturated carbocycles. The summed E-state index contributed by atoms with van der Waals surface area (Å²) in [6, 6.07) is 10.6. The van der Waals surface area contributed by atoms with E-state index in [1.54, 1.807) is 24.3 Å². The summed E-state index contributed by atoms with van der Waals surface area (Å²) >= 11 is 0. The van der Waals surface area contributed by atoms with Gasteiger partial charge in [-0.2, -0.15) is 4.31 Å². The second-order valence-electron chi connectivity index (χ2n) is 6.50. The van der Waals surface area contributed by atoms with E-state index in [1.165, 1.54) is 22.5 Å². The van der Waals surface area contributed by atoms with Crippen LogP contribution in [0.5, 0.6) is 0 Å². The molecule has 0 unspecified atom stereocenters. The summed E-state index contributed by atoms with van der Waals surface area (Å²) in [5, 5.41) is 2.74. The normalized spacial score (nSPS) is 15.4. The van der Waals surface area contributed by atoms with Crippen molar-refractivity contribution in [2.24, 2.45) is 0 Å². The van der Waals surface area contributed by atoms with Gasteiger partial charge in [-0.15, -0.1) is 0 Å². The number of aryl methyl sites for hydroxylation is 1. The van der Waals surface area contributed by atoms with Crippen LogP contribution in [0.15, 0.2) is 47.4 Å². The Morgan fingerprint density at radius 2 is 1.82 bits per heavy atom. The van der Waals surface area contributed by atoms with E-state index < -0.39 is 10.0 Å². The molecule has 8 heteroatoms. The summed E-state index contributed by atoms with van der Waals surface area (Å²) in [5.41, 5.74) is 1.69. The molecule has 0 spiro atoms. The Balaban J connectivity index is 1.81. The van der Waals surface area contributed by atoms with Gasteiger partial charge >= 0.3 is 0 Å². The van der Waals surface area contributed by atoms with E-state index >= 15 is 0 Å². The lowest BCUT2D eigenvalue weighted by Gasteiger charge is -2.27. The smallest absolute Gasteiger partial charge is 0.251 e. The Morgan fingerprint density at radius 3 is 2.46 bits per heavy atom. The number of hydrogen-bond donors (Lipinski definition) is 1. The zero-order chi connectivity index (χ0) is 20.1. The second kappa shape index (κ2) is 8.81. The van der Waals surface area contributed by atoms with Crippen LogP contribution in [0.3, 0.4) is 0 Å². The van der Waals surface area contributed by atoms with E-state index in [0.29, 0.717) is 38.3 Å². The van der Waals surface area contributed by atoms with E-state index in [4.69, 9.17) is 4.74 Å². The molecule has 1 heterocycles. The molecule has 0 aliphatic carbocycles. The molecule has 28 heavy (non-hydrogen) atoms. The Hall–Kier alpha value is -2.29. The van der Waals surface area contributed by atoms with Crippen molar-refractivity contribution in [3.63, 3.8) is 0 Å². The highest BCUT2D eigenvalue weighted by atomic mass is 32.2. The molecule has 0 atom stereocenters. The van der Waals surface area contributed by atoms with Gasteiger partial charge in [0, 0.05) is 25.2 Å². The number of hydrogen-bond acceptors (Lipinski definition) is 4. The molecular weight excluding hydrogens is 383 g/mol. The van der Waals surface area contributed by atoms with Crippen molar-refractivity contribution in [3.8, 4) is 0 Å². The molecule has 1 fully saturated rings. The summed E-state index contributed by atoms with van der Waals surface area (Å²) in [6.07, 6.45) is 0.538. The van der Waals surface area contributed by atoms with Gasteiger partial charge in [-0.3, -0.25) is 4.79 Å². The molecule has 6 nitrogen and oxygen atoms in total. The summed E-state index contributed by atoms with van der Waals surface area (Å²) in [4.78, 5) is 12.7.